The molecule has 0 aliphatic carbocycles. The summed E-state index contributed by atoms with van der Waals surface area (Å²) in [5, 5.41) is 2.72. The number of pyridine rings is 1. The zero-order chi connectivity index (χ0) is 18.4. The number of hydrogen-bond donors (Lipinski definition) is 1. The predicted octanol–water partition coefficient (Wildman–Crippen LogP) is 2.82. The van der Waals surface area contributed by atoms with E-state index in [2.05, 4.69) is 10.3 Å². The van der Waals surface area contributed by atoms with Crippen LogP contribution in [-0.4, -0.2) is 25.1 Å². The van der Waals surface area contributed by atoms with E-state index in [1.54, 1.807) is 42.9 Å². The van der Waals surface area contributed by atoms with Crippen LogP contribution in [-0.2, 0) is 21.2 Å². The van der Waals surface area contributed by atoms with Crippen molar-refractivity contribution < 1.29 is 17.6 Å². The second-order valence-electron chi connectivity index (χ2n) is 5.72. The van der Waals surface area contributed by atoms with Crippen molar-refractivity contribution in [3.63, 3.8) is 0 Å². The molecule has 0 aliphatic rings. The largest absolute Gasteiger partial charge is 0.464 e. The first-order valence-electron chi connectivity index (χ1n) is 8.07. The first-order valence-corrected chi connectivity index (χ1v) is 9.72. The average Bonchev–Trinajstić information content (AvgIpc) is 3.21. The highest BCUT2D eigenvalue weighted by molar-refractivity contribution is 7.91. The van der Waals surface area contributed by atoms with Gasteiger partial charge < -0.3 is 9.73 Å². The summed E-state index contributed by atoms with van der Waals surface area (Å²) in [5.74, 6) is 0.139. The van der Waals surface area contributed by atoms with Gasteiger partial charge in [-0.2, -0.15) is 0 Å². The maximum Gasteiger partial charge on any atom is 0.221 e. The van der Waals surface area contributed by atoms with Crippen LogP contribution in [0.4, 0.5) is 0 Å². The second-order valence-corrected chi connectivity index (χ2v) is 7.83. The highest BCUT2D eigenvalue weighted by atomic mass is 32.2. The lowest BCUT2D eigenvalue weighted by Gasteiger charge is -2.07. The van der Waals surface area contributed by atoms with Crippen LogP contribution in [0.25, 0.3) is 11.3 Å². The first kappa shape index (κ1) is 17.9. The van der Waals surface area contributed by atoms with Crippen LogP contribution in [0.3, 0.4) is 0 Å². The third-order valence-corrected chi connectivity index (χ3v) is 5.52. The van der Waals surface area contributed by atoms with E-state index in [-0.39, 0.29) is 29.5 Å². The zero-order valence-electron chi connectivity index (χ0n) is 14.0. The predicted molar refractivity (Wildman–Crippen MR) is 96.9 cm³/mol. The molecular weight excluding hydrogens is 352 g/mol. The summed E-state index contributed by atoms with van der Waals surface area (Å²) in [5.41, 5.74) is 1.62. The van der Waals surface area contributed by atoms with E-state index in [1.165, 1.54) is 12.1 Å². The Morgan fingerprint density at radius 1 is 1.08 bits per heavy atom. The van der Waals surface area contributed by atoms with Crippen molar-refractivity contribution in [1.82, 2.24) is 10.3 Å². The van der Waals surface area contributed by atoms with Gasteiger partial charge >= 0.3 is 0 Å². The van der Waals surface area contributed by atoms with Crippen LogP contribution in [0.1, 0.15) is 12.0 Å². The topological polar surface area (TPSA) is 89.3 Å². The molecule has 0 saturated carbocycles. The molecule has 0 radical (unpaired) electrons. The molecule has 2 aromatic heterocycles. The Morgan fingerprint density at radius 2 is 1.88 bits per heavy atom. The van der Waals surface area contributed by atoms with Gasteiger partial charge in [-0.15, -0.1) is 0 Å². The number of sulfone groups is 1. The van der Waals surface area contributed by atoms with Crippen LogP contribution < -0.4 is 5.32 Å². The summed E-state index contributed by atoms with van der Waals surface area (Å²) in [4.78, 5) is 16.4. The van der Waals surface area contributed by atoms with Crippen LogP contribution in [0, 0.1) is 0 Å². The van der Waals surface area contributed by atoms with Crippen molar-refractivity contribution in [3.05, 3.63) is 72.8 Å². The number of furan rings is 1. The van der Waals surface area contributed by atoms with E-state index in [0.29, 0.717) is 5.76 Å². The van der Waals surface area contributed by atoms with Crippen molar-refractivity contribution >= 4 is 15.7 Å². The number of carbonyl (C=O) groups is 1. The Hall–Kier alpha value is -2.93. The fourth-order valence-corrected chi connectivity index (χ4v) is 3.69. The normalized spacial score (nSPS) is 11.2. The number of amides is 1. The van der Waals surface area contributed by atoms with Gasteiger partial charge in [-0.25, -0.2) is 8.42 Å². The number of benzene rings is 1. The Labute approximate surface area is 151 Å². The fourth-order valence-electron chi connectivity index (χ4n) is 2.42. The van der Waals surface area contributed by atoms with E-state index in [4.69, 9.17) is 4.42 Å². The lowest BCUT2D eigenvalue weighted by Crippen LogP contribution is -2.25. The Kier molecular flexibility index (Phi) is 5.48. The van der Waals surface area contributed by atoms with Gasteiger partial charge in [0.1, 0.15) is 5.76 Å². The second kappa shape index (κ2) is 7.97. The van der Waals surface area contributed by atoms with Gasteiger partial charge in [-0.3, -0.25) is 9.78 Å². The van der Waals surface area contributed by atoms with Crippen LogP contribution in [0.2, 0.25) is 0 Å². The summed E-state index contributed by atoms with van der Waals surface area (Å²) in [6.45, 7) is 0.270. The molecule has 2 heterocycles. The molecule has 0 aliphatic heterocycles. The summed E-state index contributed by atoms with van der Waals surface area (Å²) >= 11 is 0. The van der Waals surface area contributed by atoms with Gasteiger partial charge in [0.25, 0.3) is 0 Å². The molecule has 0 saturated heterocycles. The maximum atomic E-state index is 12.2. The quantitative estimate of drug-likeness (QED) is 0.691. The minimum atomic E-state index is -3.46. The molecule has 1 N–H and O–H groups in total. The van der Waals surface area contributed by atoms with Gasteiger partial charge in [0, 0.05) is 30.9 Å². The van der Waals surface area contributed by atoms with Crippen molar-refractivity contribution in [2.75, 3.05) is 5.75 Å². The molecule has 0 bridgehead atoms. The number of rotatable bonds is 7. The van der Waals surface area contributed by atoms with E-state index < -0.39 is 9.84 Å². The Balaban J connectivity index is 1.54. The smallest absolute Gasteiger partial charge is 0.221 e. The van der Waals surface area contributed by atoms with E-state index in [9.17, 15) is 13.2 Å². The Bertz CT molecular complexity index is 968. The molecule has 1 amide bonds. The molecule has 0 atom stereocenters. The SMILES string of the molecule is O=C(CCS(=O)(=O)c1ccccc1)NCc1cncc(-c2ccco2)c1. The lowest BCUT2D eigenvalue weighted by atomic mass is 10.1. The fraction of sp³-hybridized carbons (Fsp3) is 0.158. The average molecular weight is 370 g/mol. The van der Waals surface area contributed by atoms with Crippen LogP contribution in [0.15, 0.2) is 76.5 Å². The molecule has 0 unspecified atom stereocenters. The highest BCUT2D eigenvalue weighted by Crippen LogP contribution is 2.19. The molecule has 26 heavy (non-hydrogen) atoms. The van der Waals surface area contributed by atoms with Crippen LogP contribution in [0.5, 0.6) is 0 Å². The molecule has 0 spiro atoms. The number of hydrogen-bond acceptors (Lipinski definition) is 5. The molecule has 7 heteroatoms. The van der Waals surface area contributed by atoms with Crippen molar-refractivity contribution in [1.29, 1.82) is 0 Å². The summed E-state index contributed by atoms with van der Waals surface area (Å²) in [6.07, 6.45) is 4.81. The standard InChI is InChI=1S/C19H18N2O4S/c22-19(8-10-26(23,24)17-5-2-1-3-6-17)21-13-15-11-16(14-20-12-15)18-7-4-9-25-18/h1-7,9,11-12,14H,8,10,13H2,(H,21,22). The third-order valence-electron chi connectivity index (χ3n) is 3.79. The number of nitrogens with zero attached hydrogens (tertiary/aromatic N) is 1. The van der Waals surface area contributed by atoms with Gasteiger partial charge in [-0.1, -0.05) is 18.2 Å². The first-order chi connectivity index (χ1) is 12.5. The minimum absolute atomic E-state index is 0.0947. The molecule has 3 aromatic rings. The maximum absolute atomic E-state index is 12.2. The number of carbonyl (C=O) groups excluding carboxylic acids is 1. The summed E-state index contributed by atoms with van der Waals surface area (Å²) < 4.78 is 29.7. The van der Waals surface area contributed by atoms with Gasteiger partial charge in [0.2, 0.25) is 5.91 Å². The van der Waals surface area contributed by atoms with Crippen molar-refractivity contribution in [3.8, 4) is 11.3 Å². The van der Waals surface area contributed by atoms with E-state index in [1.807, 2.05) is 12.1 Å². The van der Waals surface area contributed by atoms with Gasteiger partial charge in [-0.05, 0) is 35.9 Å². The molecular formula is C19H18N2O4S. The molecule has 0 fully saturated rings. The molecule has 134 valence electrons. The van der Waals surface area contributed by atoms with Crippen LogP contribution >= 0.6 is 0 Å². The number of nitrogens with one attached hydrogen (secondary N) is 1. The summed E-state index contributed by atoms with van der Waals surface area (Å²) in [6, 6.07) is 13.6. The van der Waals surface area contributed by atoms with Crippen molar-refractivity contribution in [2.45, 2.75) is 17.9 Å². The van der Waals surface area contributed by atoms with Crippen molar-refractivity contribution in [2.24, 2.45) is 0 Å². The minimum Gasteiger partial charge on any atom is -0.464 e. The molecule has 1 aromatic carbocycles. The monoisotopic (exact) mass is 370 g/mol. The lowest BCUT2D eigenvalue weighted by molar-refractivity contribution is -0.120. The molecule has 6 nitrogen and oxygen atoms in total. The molecule has 3 rings (SSSR count). The zero-order valence-corrected chi connectivity index (χ0v) is 14.8. The van der Waals surface area contributed by atoms with E-state index in [0.717, 1.165) is 11.1 Å². The highest BCUT2D eigenvalue weighted by Gasteiger charge is 2.16. The summed E-state index contributed by atoms with van der Waals surface area (Å²) in [7, 11) is -3.46. The third kappa shape index (κ3) is 4.58. The number of aromatic nitrogens is 1. The van der Waals surface area contributed by atoms with Gasteiger partial charge in [0.05, 0.1) is 16.9 Å². The Morgan fingerprint density at radius 3 is 2.62 bits per heavy atom. The van der Waals surface area contributed by atoms with E-state index >= 15 is 0 Å². The van der Waals surface area contributed by atoms with Gasteiger partial charge in [0.15, 0.2) is 9.84 Å².